The molecule has 2 aromatic rings. The number of H-pyrrole nitrogens is 1. The van der Waals surface area contributed by atoms with Gasteiger partial charge in [0.1, 0.15) is 6.04 Å². The lowest BCUT2D eigenvalue weighted by molar-refractivity contribution is -0.149. The van der Waals surface area contributed by atoms with Crippen LogP contribution in [0.15, 0.2) is 30.5 Å². The molecular formula is C16H18N2O3. The fraction of sp³-hybridized carbons (Fsp3) is 0.375. The minimum absolute atomic E-state index is 0.00872. The highest BCUT2D eigenvalue weighted by Gasteiger charge is 2.39. The van der Waals surface area contributed by atoms with Crippen molar-refractivity contribution in [3.63, 3.8) is 0 Å². The van der Waals surface area contributed by atoms with Crippen LogP contribution in [0.25, 0.3) is 10.9 Å². The number of fused-ring (bicyclic) bond motifs is 1. The van der Waals surface area contributed by atoms with Crippen LogP contribution >= 0.6 is 0 Å². The van der Waals surface area contributed by atoms with Gasteiger partial charge in [0.2, 0.25) is 5.91 Å². The Morgan fingerprint density at radius 3 is 2.90 bits per heavy atom. The molecular weight excluding hydrogens is 268 g/mol. The number of aromatic nitrogens is 1. The first-order valence-electron chi connectivity index (χ1n) is 7.15. The van der Waals surface area contributed by atoms with Crippen molar-refractivity contribution in [1.29, 1.82) is 0 Å². The van der Waals surface area contributed by atoms with Gasteiger partial charge in [-0.1, -0.05) is 25.1 Å². The van der Waals surface area contributed by atoms with Gasteiger partial charge in [0.15, 0.2) is 0 Å². The molecule has 1 amide bonds. The van der Waals surface area contributed by atoms with E-state index < -0.39 is 12.0 Å². The lowest BCUT2D eigenvalue weighted by atomic mass is 10.0. The number of aliphatic carboxylic acids is 1. The van der Waals surface area contributed by atoms with E-state index in [1.807, 2.05) is 37.4 Å². The van der Waals surface area contributed by atoms with Gasteiger partial charge in [-0.05, 0) is 24.0 Å². The minimum Gasteiger partial charge on any atom is -0.480 e. The van der Waals surface area contributed by atoms with Crippen LogP contribution in [0.4, 0.5) is 0 Å². The maximum Gasteiger partial charge on any atom is 0.326 e. The molecule has 0 saturated carbocycles. The van der Waals surface area contributed by atoms with E-state index in [-0.39, 0.29) is 18.2 Å². The van der Waals surface area contributed by atoms with Crippen LogP contribution < -0.4 is 0 Å². The standard InChI is InChI=1S/C16H18N2O3/c1-10-6-7-18(15(10)16(20)21)14(19)8-11-9-17-13-5-3-2-4-12(11)13/h2-5,9-10,15,17H,6-8H2,1H3,(H,20,21). The lowest BCUT2D eigenvalue weighted by Gasteiger charge is -2.23. The molecule has 5 heteroatoms. The van der Waals surface area contributed by atoms with Crippen LogP contribution in [0.1, 0.15) is 18.9 Å². The number of nitrogens with zero attached hydrogens (tertiary/aromatic N) is 1. The summed E-state index contributed by atoms with van der Waals surface area (Å²) in [7, 11) is 0. The van der Waals surface area contributed by atoms with Crippen molar-refractivity contribution in [3.05, 3.63) is 36.0 Å². The van der Waals surface area contributed by atoms with E-state index >= 15 is 0 Å². The zero-order valence-corrected chi connectivity index (χ0v) is 11.9. The van der Waals surface area contributed by atoms with Gasteiger partial charge in [-0.25, -0.2) is 4.79 Å². The number of amides is 1. The highest BCUT2D eigenvalue weighted by molar-refractivity contribution is 5.91. The van der Waals surface area contributed by atoms with Gasteiger partial charge in [-0.2, -0.15) is 0 Å². The van der Waals surface area contributed by atoms with Gasteiger partial charge < -0.3 is 15.0 Å². The fourth-order valence-electron chi connectivity index (χ4n) is 3.15. The van der Waals surface area contributed by atoms with Gasteiger partial charge in [0.25, 0.3) is 0 Å². The molecule has 2 atom stereocenters. The van der Waals surface area contributed by atoms with E-state index in [1.54, 1.807) is 0 Å². The Morgan fingerprint density at radius 1 is 1.38 bits per heavy atom. The maximum atomic E-state index is 12.5. The molecule has 0 spiro atoms. The number of benzene rings is 1. The SMILES string of the molecule is CC1CCN(C(=O)Cc2c[nH]c3ccccc23)C1C(=O)O. The average molecular weight is 286 g/mol. The summed E-state index contributed by atoms with van der Waals surface area (Å²) in [5.74, 6) is -1.02. The van der Waals surface area contributed by atoms with Gasteiger partial charge in [-0.15, -0.1) is 0 Å². The quantitative estimate of drug-likeness (QED) is 0.906. The second kappa shape index (κ2) is 5.24. The Hall–Kier alpha value is -2.30. The summed E-state index contributed by atoms with van der Waals surface area (Å²) in [5, 5.41) is 10.3. The molecule has 3 rings (SSSR count). The Kier molecular flexibility index (Phi) is 3.41. The van der Waals surface area contributed by atoms with Crippen LogP contribution in [0.3, 0.4) is 0 Å². The van der Waals surface area contributed by atoms with Crippen LogP contribution in [-0.4, -0.2) is 39.5 Å². The van der Waals surface area contributed by atoms with E-state index in [0.29, 0.717) is 6.54 Å². The number of likely N-dealkylation sites (tertiary alicyclic amines) is 1. The van der Waals surface area contributed by atoms with Crippen molar-refractivity contribution in [1.82, 2.24) is 9.88 Å². The lowest BCUT2D eigenvalue weighted by Crippen LogP contribution is -2.43. The third kappa shape index (κ3) is 2.39. The number of carboxylic acids is 1. The number of carbonyl (C=O) groups excluding carboxylic acids is 1. The second-order valence-electron chi connectivity index (χ2n) is 5.67. The molecule has 21 heavy (non-hydrogen) atoms. The monoisotopic (exact) mass is 286 g/mol. The molecule has 1 aliphatic rings. The Balaban J connectivity index is 1.82. The molecule has 2 unspecified atom stereocenters. The summed E-state index contributed by atoms with van der Waals surface area (Å²) < 4.78 is 0. The van der Waals surface area contributed by atoms with E-state index in [4.69, 9.17) is 0 Å². The Morgan fingerprint density at radius 2 is 2.14 bits per heavy atom. The molecule has 0 aliphatic carbocycles. The summed E-state index contributed by atoms with van der Waals surface area (Å²) >= 11 is 0. The third-order valence-electron chi connectivity index (χ3n) is 4.29. The van der Waals surface area contributed by atoms with Crippen LogP contribution in [0.5, 0.6) is 0 Å². The van der Waals surface area contributed by atoms with Crippen LogP contribution in [-0.2, 0) is 16.0 Å². The zero-order valence-electron chi connectivity index (χ0n) is 11.9. The first-order valence-corrected chi connectivity index (χ1v) is 7.15. The topological polar surface area (TPSA) is 73.4 Å². The average Bonchev–Trinajstić information content (AvgIpc) is 3.03. The first kappa shape index (κ1) is 13.7. The molecule has 0 radical (unpaired) electrons. The number of para-hydroxylation sites is 1. The Bertz CT molecular complexity index is 692. The summed E-state index contributed by atoms with van der Waals surface area (Å²) in [5.41, 5.74) is 1.91. The van der Waals surface area contributed by atoms with Gasteiger partial charge in [0, 0.05) is 23.6 Å². The number of aromatic amines is 1. The number of carboxylic acid groups (broad SMARTS) is 1. The summed E-state index contributed by atoms with van der Waals surface area (Å²) in [6.07, 6.45) is 2.81. The molecule has 1 aliphatic heterocycles. The number of carbonyl (C=O) groups is 2. The van der Waals surface area contributed by atoms with Crippen molar-refractivity contribution >= 4 is 22.8 Å². The summed E-state index contributed by atoms with van der Waals surface area (Å²) in [6.45, 7) is 2.41. The van der Waals surface area contributed by atoms with Crippen molar-refractivity contribution in [2.45, 2.75) is 25.8 Å². The zero-order chi connectivity index (χ0) is 15.0. The number of hydrogen-bond acceptors (Lipinski definition) is 2. The highest BCUT2D eigenvalue weighted by Crippen LogP contribution is 2.26. The third-order valence-corrected chi connectivity index (χ3v) is 4.29. The second-order valence-corrected chi connectivity index (χ2v) is 5.67. The molecule has 110 valence electrons. The number of hydrogen-bond donors (Lipinski definition) is 2. The molecule has 5 nitrogen and oxygen atoms in total. The fourth-order valence-corrected chi connectivity index (χ4v) is 3.15. The van der Waals surface area contributed by atoms with Crippen molar-refractivity contribution in [2.24, 2.45) is 5.92 Å². The normalized spacial score (nSPS) is 21.9. The molecule has 1 aromatic heterocycles. The van der Waals surface area contributed by atoms with E-state index in [1.165, 1.54) is 4.90 Å². The van der Waals surface area contributed by atoms with Crippen molar-refractivity contribution < 1.29 is 14.7 Å². The van der Waals surface area contributed by atoms with E-state index in [0.717, 1.165) is 22.9 Å². The van der Waals surface area contributed by atoms with E-state index in [2.05, 4.69) is 4.98 Å². The maximum absolute atomic E-state index is 12.5. The minimum atomic E-state index is -0.910. The number of rotatable bonds is 3. The molecule has 1 saturated heterocycles. The summed E-state index contributed by atoms with van der Waals surface area (Å²) in [6, 6.07) is 7.11. The highest BCUT2D eigenvalue weighted by atomic mass is 16.4. The van der Waals surface area contributed by atoms with Gasteiger partial charge >= 0.3 is 5.97 Å². The molecule has 0 bridgehead atoms. The molecule has 2 heterocycles. The first-order chi connectivity index (χ1) is 10.1. The van der Waals surface area contributed by atoms with Gasteiger partial charge in [-0.3, -0.25) is 4.79 Å². The van der Waals surface area contributed by atoms with E-state index in [9.17, 15) is 14.7 Å². The van der Waals surface area contributed by atoms with Crippen molar-refractivity contribution in [2.75, 3.05) is 6.54 Å². The van der Waals surface area contributed by atoms with Crippen LogP contribution in [0.2, 0.25) is 0 Å². The smallest absolute Gasteiger partial charge is 0.326 e. The predicted molar refractivity (Wildman–Crippen MR) is 78.9 cm³/mol. The summed E-state index contributed by atoms with van der Waals surface area (Å²) in [4.78, 5) is 28.5. The predicted octanol–water partition coefficient (Wildman–Crippen LogP) is 2.03. The Labute approximate surface area is 122 Å². The number of nitrogens with one attached hydrogen (secondary N) is 1. The molecule has 1 aromatic carbocycles. The van der Waals surface area contributed by atoms with Gasteiger partial charge in [0.05, 0.1) is 6.42 Å². The largest absolute Gasteiger partial charge is 0.480 e. The van der Waals surface area contributed by atoms with Crippen LogP contribution in [0, 0.1) is 5.92 Å². The molecule has 2 N–H and O–H groups in total. The van der Waals surface area contributed by atoms with Crippen molar-refractivity contribution in [3.8, 4) is 0 Å². The molecule has 1 fully saturated rings.